The topological polar surface area (TPSA) is 56.3 Å². The van der Waals surface area contributed by atoms with Gasteiger partial charge in [-0.25, -0.2) is 0 Å². The Balaban J connectivity index is 1.79. The summed E-state index contributed by atoms with van der Waals surface area (Å²) in [6.07, 6.45) is 2.82. The number of fused-ring (bicyclic) bond motifs is 1. The fourth-order valence-corrected chi connectivity index (χ4v) is 3.76. The maximum absolute atomic E-state index is 13.0. The van der Waals surface area contributed by atoms with Crippen LogP contribution in [0.1, 0.15) is 42.2 Å². The van der Waals surface area contributed by atoms with Gasteiger partial charge in [0.15, 0.2) is 5.78 Å². The van der Waals surface area contributed by atoms with Gasteiger partial charge in [-0.05, 0) is 45.7 Å². The molecule has 1 saturated carbocycles. The summed E-state index contributed by atoms with van der Waals surface area (Å²) in [4.78, 5) is 18.4. The number of carbonyl (C=O) groups excluding carboxylic acids is 1. The smallest absolute Gasteiger partial charge is 0.182 e. The highest BCUT2D eigenvalue weighted by atomic mass is 16.3. The summed E-state index contributed by atoms with van der Waals surface area (Å²) in [5.41, 5.74) is 2.73. The number of nitrogens with one attached hydrogen (secondary N) is 1. The lowest BCUT2D eigenvalue weighted by atomic mass is 9.99. The molecule has 23 heavy (non-hydrogen) atoms. The predicted octanol–water partition coefficient (Wildman–Crippen LogP) is 3.14. The Kier molecular flexibility index (Phi) is 4.55. The number of hydrogen-bond donors (Lipinski definition) is 2. The van der Waals surface area contributed by atoms with Crippen molar-refractivity contribution in [1.82, 2.24) is 9.88 Å². The Morgan fingerprint density at radius 3 is 2.83 bits per heavy atom. The van der Waals surface area contributed by atoms with Crippen molar-refractivity contribution in [2.75, 3.05) is 13.6 Å². The average Bonchev–Trinajstić information content (AvgIpc) is 3.08. The van der Waals surface area contributed by atoms with Crippen LogP contribution in [0.15, 0.2) is 24.3 Å². The van der Waals surface area contributed by atoms with Crippen LogP contribution in [-0.4, -0.2) is 46.5 Å². The largest absolute Gasteiger partial charge is 0.393 e. The van der Waals surface area contributed by atoms with Gasteiger partial charge in [0.05, 0.1) is 12.1 Å². The number of aromatic amines is 1. The highest BCUT2D eigenvalue weighted by molar-refractivity contribution is 6.11. The molecule has 0 bridgehead atoms. The van der Waals surface area contributed by atoms with E-state index in [1.54, 1.807) is 0 Å². The minimum atomic E-state index is -0.213. The fraction of sp³-hybridized carbons (Fsp3) is 0.526. The van der Waals surface area contributed by atoms with Gasteiger partial charge < -0.3 is 10.1 Å². The number of nitrogens with zero attached hydrogens (tertiary/aromatic N) is 1. The molecule has 0 amide bonds. The van der Waals surface area contributed by atoms with E-state index in [0.717, 1.165) is 48.0 Å². The lowest BCUT2D eigenvalue weighted by molar-refractivity contribution is 0.0758. The number of benzene rings is 1. The van der Waals surface area contributed by atoms with Gasteiger partial charge in [0, 0.05) is 28.7 Å². The van der Waals surface area contributed by atoms with Gasteiger partial charge in [-0.3, -0.25) is 9.69 Å². The molecule has 4 heteroatoms. The maximum Gasteiger partial charge on any atom is 0.182 e. The number of ketones is 1. The molecule has 1 heterocycles. The molecule has 3 atom stereocenters. The molecular formula is C19H26N2O2. The van der Waals surface area contributed by atoms with Gasteiger partial charge in [-0.15, -0.1) is 0 Å². The van der Waals surface area contributed by atoms with Gasteiger partial charge in [-0.2, -0.15) is 0 Å². The van der Waals surface area contributed by atoms with E-state index in [9.17, 15) is 9.90 Å². The first kappa shape index (κ1) is 16.2. The standard InChI is InChI=1S/C19H26N2O2/c1-12-18(15-8-4-5-9-16(15)20-12)19(23)13(2)21(3)11-14-7-6-10-17(14)22/h4-5,8-9,13-14,17,20,22H,6-7,10-11H2,1-3H3. The van der Waals surface area contributed by atoms with Crippen molar-refractivity contribution in [2.45, 2.75) is 45.3 Å². The van der Waals surface area contributed by atoms with Gasteiger partial charge in [0.25, 0.3) is 0 Å². The molecule has 3 rings (SSSR count). The number of H-pyrrole nitrogens is 1. The normalized spacial score (nSPS) is 22.8. The fourth-order valence-electron chi connectivity index (χ4n) is 3.76. The Morgan fingerprint density at radius 1 is 1.39 bits per heavy atom. The zero-order valence-electron chi connectivity index (χ0n) is 14.2. The number of aromatic nitrogens is 1. The number of Topliss-reactive ketones (excluding diaryl/α,β-unsaturated/α-hetero) is 1. The molecule has 1 aliphatic carbocycles. The van der Waals surface area contributed by atoms with Gasteiger partial charge >= 0.3 is 0 Å². The van der Waals surface area contributed by atoms with Crippen molar-refractivity contribution in [3.05, 3.63) is 35.5 Å². The van der Waals surface area contributed by atoms with Crippen molar-refractivity contribution in [2.24, 2.45) is 5.92 Å². The maximum atomic E-state index is 13.0. The van der Waals surface area contributed by atoms with E-state index < -0.39 is 0 Å². The van der Waals surface area contributed by atoms with Crippen LogP contribution < -0.4 is 0 Å². The molecule has 2 aromatic rings. The quantitative estimate of drug-likeness (QED) is 0.834. The lowest BCUT2D eigenvalue weighted by Crippen LogP contribution is -2.40. The number of para-hydroxylation sites is 1. The van der Waals surface area contributed by atoms with Crippen LogP contribution in [0.5, 0.6) is 0 Å². The SMILES string of the molecule is Cc1[nH]c2ccccc2c1C(=O)C(C)N(C)CC1CCCC1O. The van der Waals surface area contributed by atoms with E-state index in [0.29, 0.717) is 5.92 Å². The van der Waals surface area contributed by atoms with E-state index in [1.165, 1.54) is 0 Å². The summed E-state index contributed by atoms with van der Waals surface area (Å²) in [6, 6.07) is 7.75. The number of carbonyl (C=O) groups is 1. The van der Waals surface area contributed by atoms with E-state index in [2.05, 4.69) is 9.88 Å². The number of hydrogen-bond acceptors (Lipinski definition) is 3. The molecule has 1 aromatic carbocycles. The van der Waals surface area contributed by atoms with E-state index >= 15 is 0 Å². The van der Waals surface area contributed by atoms with Crippen LogP contribution in [0.3, 0.4) is 0 Å². The number of aliphatic hydroxyl groups is 1. The summed E-state index contributed by atoms with van der Waals surface area (Å²) in [5.74, 6) is 0.439. The second-order valence-corrected chi connectivity index (χ2v) is 6.91. The number of likely N-dealkylation sites (N-methyl/N-ethyl adjacent to an activating group) is 1. The predicted molar refractivity (Wildman–Crippen MR) is 92.8 cm³/mol. The third-order valence-electron chi connectivity index (χ3n) is 5.32. The average molecular weight is 314 g/mol. The van der Waals surface area contributed by atoms with Crippen LogP contribution in [0.2, 0.25) is 0 Å². The van der Waals surface area contributed by atoms with Crippen LogP contribution in [0.4, 0.5) is 0 Å². The van der Waals surface area contributed by atoms with Crippen LogP contribution in [0, 0.1) is 12.8 Å². The minimum absolute atomic E-state index is 0.148. The lowest BCUT2D eigenvalue weighted by Gasteiger charge is -2.28. The molecule has 2 N–H and O–H groups in total. The third kappa shape index (κ3) is 3.06. The van der Waals surface area contributed by atoms with E-state index in [1.807, 2.05) is 45.2 Å². The Labute approximate surface area is 137 Å². The van der Waals surface area contributed by atoms with E-state index in [-0.39, 0.29) is 17.9 Å². The highest BCUT2D eigenvalue weighted by Crippen LogP contribution is 2.28. The zero-order chi connectivity index (χ0) is 16.6. The Bertz CT molecular complexity index is 706. The summed E-state index contributed by atoms with van der Waals surface area (Å²) < 4.78 is 0. The Hall–Kier alpha value is -1.65. The van der Waals surface area contributed by atoms with Crippen molar-refractivity contribution in [3.8, 4) is 0 Å². The first-order valence-corrected chi connectivity index (χ1v) is 8.49. The van der Waals surface area contributed by atoms with Gasteiger partial charge in [0.2, 0.25) is 0 Å². The van der Waals surface area contributed by atoms with Crippen molar-refractivity contribution in [1.29, 1.82) is 0 Å². The number of aliphatic hydroxyl groups excluding tert-OH is 1. The Morgan fingerprint density at radius 2 is 2.13 bits per heavy atom. The minimum Gasteiger partial charge on any atom is -0.393 e. The molecule has 0 spiro atoms. The summed E-state index contributed by atoms with van der Waals surface area (Å²) in [7, 11) is 1.98. The third-order valence-corrected chi connectivity index (χ3v) is 5.32. The molecule has 124 valence electrons. The molecule has 0 radical (unpaired) electrons. The van der Waals surface area contributed by atoms with E-state index in [4.69, 9.17) is 0 Å². The monoisotopic (exact) mass is 314 g/mol. The molecule has 0 saturated heterocycles. The second-order valence-electron chi connectivity index (χ2n) is 6.91. The highest BCUT2D eigenvalue weighted by Gasteiger charge is 2.30. The number of aryl methyl sites for hydroxylation is 1. The molecule has 0 aliphatic heterocycles. The summed E-state index contributed by atoms with van der Waals surface area (Å²) in [6.45, 7) is 4.70. The molecule has 1 aliphatic rings. The molecular weight excluding hydrogens is 288 g/mol. The van der Waals surface area contributed by atoms with Gasteiger partial charge in [0.1, 0.15) is 0 Å². The summed E-state index contributed by atoms with van der Waals surface area (Å²) >= 11 is 0. The van der Waals surface area contributed by atoms with Crippen molar-refractivity contribution < 1.29 is 9.90 Å². The van der Waals surface area contributed by atoms with Crippen molar-refractivity contribution in [3.63, 3.8) is 0 Å². The molecule has 1 aromatic heterocycles. The first-order valence-electron chi connectivity index (χ1n) is 8.49. The van der Waals surface area contributed by atoms with Crippen molar-refractivity contribution >= 4 is 16.7 Å². The summed E-state index contributed by atoms with van der Waals surface area (Å²) in [5, 5.41) is 11.0. The molecule has 4 nitrogen and oxygen atoms in total. The molecule has 1 fully saturated rings. The van der Waals surface area contributed by atoms with Crippen LogP contribution in [0.25, 0.3) is 10.9 Å². The van der Waals surface area contributed by atoms with Crippen LogP contribution in [-0.2, 0) is 0 Å². The second kappa shape index (κ2) is 6.46. The van der Waals surface area contributed by atoms with Gasteiger partial charge in [-0.1, -0.05) is 24.6 Å². The number of rotatable bonds is 5. The first-order chi connectivity index (χ1) is 11.0. The van der Waals surface area contributed by atoms with Crippen LogP contribution >= 0.6 is 0 Å². The zero-order valence-corrected chi connectivity index (χ0v) is 14.2. The molecule has 3 unspecified atom stereocenters.